The predicted octanol–water partition coefficient (Wildman–Crippen LogP) is 4.81. The van der Waals surface area contributed by atoms with Crippen molar-refractivity contribution in [3.05, 3.63) is 59.0 Å². The molecule has 0 unspecified atom stereocenters. The minimum absolute atomic E-state index is 0.137. The second-order valence-electron chi connectivity index (χ2n) is 7.22. The zero-order valence-electron chi connectivity index (χ0n) is 16.9. The molecular weight excluding hydrogens is 432 g/mol. The van der Waals surface area contributed by atoms with Crippen LogP contribution in [0.5, 0.6) is 0 Å². The first kappa shape index (κ1) is 19.7. The van der Waals surface area contributed by atoms with Gasteiger partial charge in [0.2, 0.25) is 5.91 Å². The van der Waals surface area contributed by atoms with Crippen molar-refractivity contribution in [3.8, 4) is 27.5 Å². The number of hydrogen-bond donors (Lipinski definition) is 2. The van der Waals surface area contributed by atoms with Gasteiger partial charge in [-0.25, -0.2) is 9.67 Å². The van der Waals surface area contributed by atoms with Gasteiger partial charge in [-0.3, -0.25) is 9.78 Å². The maximum absolute atomic E-state index is 11.6. The van der Waals surface area contributed by atoms with Gasteiger partial charge >= 0.3 is 0 Å². The van der Waals surface area contributed by atoms with Gasteiger partial charge in [-0.15, -0.1) is 0 Å². The van der Waals surface area contributed by atoms with Crippen molar-refractivity contribution in [3.63, 3.8) is 0 Å². The molecule has 3 heterocycles. The number of nitrogens with zero attached hydrogens (tertiary/aromatic N) is 4. The van der Waals surface area contributed by atoms with Crippen LogP contribution in [-0.2, 0) is 17.6 Å². The lowest BCUT2D eigenvalue weighted by atomic mass is 9.95. The molecule has 31 heavy (non-hydrogen) atoms. The highest BCUT2D eigenvalue weighted by molar-refractivity contribution is 7.19. The van der Waals surface area contributed by atoms with E-state index in [9.17, 15) is 4.79 Å². The molecule has 0 bridgehead atoms. The summed E-state index contributed by atoms with van der Waals surface area (Å²) in [6.07, 6.45) is 5.15. The smallest absolute Gasteiger partial charge is 0.223 e. The van der Waals surface area contributed by atoms with Crippen molar-refractivity contribution < 1.29 is 4.79 Å². The highest BCUT2D eigenvalue weighted by Crippen LogP contribution is 2.44. The van der Waals surface area contributed by atoms with Gasteiger partial charge in [0.05, 0.1) is 32.7 Å². The first-order valence-electron chi connectivity index (χ1n) is 9.82. The van der Waals surface area contributed by atoms with E-state index in [1.807, 2.05) is 48.3 Å². The Kier molecular flexibility index (Phi) is 4.95. The van der Waals surface area contributed by atoms with Crippen LogP contribution < -0.4 is 10.6 Å². The van der Waals surface area contributed by atoms with Crippen molar-refractivity contribution >= 4 is 39.7 Å². The van der Waals surface area contributed by atoms with Crippen LogP contribution in [0.25, 0.3) is 27.5 Å². The van der Waals surface area contributed by atoms with E-state index in [0.717, 1.165) is 57.3 Å². The van der Waals surface area contributed by atoms with Crippen molar-refractivity contribution in [1.29, 1.82) is 0 Å². The van der Waals surface area contributed by atoms with Gasteiger partial charge in [0.25, 0.3) is 0 Å². The average Bonchev–Trinajstić information content (AvgIpc) is 3.34. The molecule has 156 valence electrons. The zero-order valence-corrected chi connectivity index (χ0v) is 18.5. The molecule has 0 saturated heterocycles. The van der Waals surface area contributed by atoms with Gasteiger partial charge in [-0.2, -0.15) is 5.10 Å². The molecule has 1 aromatic carbocycles. The maximum atomic E-state index is 11.6. The van der Waals surface area contributed by atoms with Crippen molar-refractivity contribution in [2.24, 2.45) is 0 Å². The Bertz CT molecular complexity index is 1300. The number of thiazole rings is 1. The van der Waals surface area contributed by atoms with Crippen LogP contribution >= 0.6 is 22.9 Å². The summed E-state index contributed by atoms with van der Waals surface area (Å²) in [7, 11) is 1.86. The first-order valence-corrected chi connectivity index (χ1v) is 11.0. The average molecular weight is 451 g/mol. The van der Waals surface area contributed by atoms with E-state index in [2.05, 4.69) is 20.6 Å². The number of fused-ring (bicyclic) bond motifs is 3. The Morgan fingerprint density at radius 2 is 2.13 bits per heavy atom. The molecule has 0 saturated carbocycles. The highest BCUT2D eigenvalue weighted by atomic mass is 35.5. The summed E-state index contributed by atoms with van der Waals surface area (Å²) in [5.41, 5.74) is 6.61. The van der Waals surface area contributed by atoms with Crippen LogP contribution in [0.2, 0.25) is 5.02 Å². The number of halogens is 1. The molecule has 0 fully saturated rings. The molecular formula is C22H19ClN6OS. The minimum Gasteiger partial charge on any atom is -0.388 e. The van der Waals surface area contributed by atoms with Crippen LogP contribution in [0.15, 0.2) is 42.7 Å². The number of nitrogens with one attached hydrogen (secondary N) is 2. The van der Waals surface area contributed by atoms with Crippen LogP contribution in [0, 0.1) is 0 Å². The fourth-order valence-corrected chi connectivity index (χ4v) is 5.19. The molecule has 0 spiro atoms. The number of carbonyl (C=O) groups excluding carboxylic acids is 1. The van der Waals surface area contributed by atoms with Gasteiger partial charge in [-0.1, -0.05) is 22.9 Å². The van der Waals surface area contributed by atoms with Crippen LogP contribution in [0.3, 0.4) is 0 Å². The third-order valence-corrected chi connectivity index (χ3v) is 6.51. The summed E-state index contributed by atoms with van der Waals surface area (Å²) in [6, 6.07) is 9.73. The molecule has 0 atom stereocenters. The van der Waals surface area contributed by atoms with E-state index in [-0.39, 0.29) is 5.91 Å². The van der Waals surface area contributed by atoms with E-state index < -0.39 is 0 Å². The Morgan fingerprint density at radius 3 is 2.84 bits per heavy atom. The van der Waals surface area contributed by atoms with Gasteiger partial charge in [-0.05, 0) is 43.2 Å². The summed E-state index contributed by atoms with van der Waals surface area (Å²) >= 11 is 8.12. The Balaban J connectivity index is 1.75. The normalized spacial score (nSPS) is 12.2. The molecule has 4 aromatic rings. The monoisotopic (exact) mass is 450 g/mol. The van der Waals surface area contributed by atoms with Crippen molar-refractivity contribution in [2.45, 2.75) is 19.8 Å². The quantitative estimate of drug-likeness (QED) is 0.466. The number of aryl methyl sites for hydroxylation is 1. The third kappa shape index (κ3) is 3.47. The zero-order chi connectivity index (χ0) is 21.5. The minimum atomic E-state index is -0.137. The van der Waals surface area contributed by atoms with Crippen LogP contribution in [0.4, 0.5) is 10.8 Å². The lowest BCUT2D eigenvalue weighted by molar-refractivity contribution is -0.114. The number of rotatable bonds is 4. The number of amides is 1. The molecule has 9 heteroatoms. The molecule has 1 aliphatic rings. The molecule has 0 aliphatic heterocycles. The topological polar surface area (TPSA) is 84.7 Å². The molecule has 1 amide bonds. The van der Waals surface area contributed by atoms with E-state index >= 15 is 0 Å². The molecule has 7 nitrogen and oxygen atoms in total. The summed E-state index contributed by atoms with van der Waals surface area (Å²) in [4.78, 5) is 21.5. The lowest BCUT2D eigenvalue weighted by Gasteiger charge is -2.15. The van der Waals surface area contributed by atoms with E-state index in [0.29, 0.717) is 10.2 Å². The molecule has 0 radical (unpaired) electrons. The molecule has 3 aromatic heterocycles. The van der Waals surface area contributed by atoms with Gasteiger partial charge in [0.1, 0.15) is 0 Å². The maximum Gasteiger partial charge on any atom is 0.223 e. The van der Waals surface area contributed by atoms with Gasteiger partial charge < -0.3 is 10.6 Å². The number of aromatic nitrogens is 4. The summed E-state index contributed by atoms with van der Waals surface area (Å²) < 4.78 is 1.90. The number of benzene rings is 1. The van der Waals surface area contributed by atoms with Crippen molar-refractivity contribution in [2.75, 3.05) is 17.7 Å². The van der Waals surface area contributed by atoms with Gasteiger partial charge in [0.15, 0.2) is 5.13 Å². The third-order valence-electron chi connectivity index (χ3n) is 5.19. The number of pyridine rings is 1. The van der Waals surface area contributed by atoms with E-state index in [1.54, 1.807) is 6.20 Å². The Morgan fingerprint density at radius 1 is 1.26 bits per heavy atom. The second kappa shape index (κ2) is 7.79. The fraction of sp³-hybridized carbons (Fsp3) is 0.182. The summed E-state index contributed by atoms with van der Waals surface area (Å²) in [6.45, 7) is 1.49. The number of carbonyl (C=O) groups is 1. The van der Waals surface area contributed by atoms with Crippen LogP contribution in [-0.4, -0.2) is 32.7 Å². The lowest BCUT2D eigenvalue weighted by Crippen LogP contribution is -2.07. The highest BCUT2D eigenvalue weighted by Gasteiger charge is 2.30. The molecule has 2 N–H and O–H groups in total. The molecule has 5 rings (SSSR count). The second-order valence-corrected chi connectivity index (χ2v) is 8.63. The number of anilines is 2. The molecule has 1 aliphatic carbocycles. The van der Waals surface area contributed by atoms with E-state index in [4.69, 9.17) is 16.7 Å². The fourth-order valence-electron chi connectivity index (χ4n) is 3.82. The standard InChI is InChI=1S/C22H19ClN6OS/c1-12(30)26-22-27-17-7-6-15-19(13-4-3-9-25-11-13)28-29(20(15)21(17)31-22)18-8-5-14(24-2)10-16(18)23/h3-5,8-11,24H,6-7H2,1-2H3,(H,26,27,30). The first-order chi connectivity index (χ1) is 15.0. The summed E-state index contributed by atoms with van der Waals surface area (Å²) in [5, 5.41) is 12.1. The van der Waals surface area contributed by atoms with Crippen molar-refractivity contribution in [1.82, 2.24) is 19.7 Å². The largest absolute Gasteiger partial charge is 0.388 e. The Hall–Kier alpha value is -3.23. The summed E-state index contributed by atoms with van der Waals surface area (Å²) in [5.74, 6) is -0.137. The van der Waals surface area contributed by atoms with Crippen LogP contribution in [0.1, 0.15) is 18.2 Å². The Labute approximate surface area is 188 Å². The predicted molar refractivity (Wildman–Crippen MR) is 124 cm³/mol. The van der Waals surface area contributed by atoms with Gasteiger partial charge in [0, 0.05) is 43.2 Å². The SMILES string of the molecule is CNc1ccc(-n2nc(-c3cccnc3)c3c2-c2sc(NC(C)=O)nc2CC3)c(Cl)c1. The van der Waals surface area contributed by atoms with E-state index in [1.165, 1.54) is 18.3 Å². The number of hydrogen-bond acceptors (Lipinski definition) is 6.